The van der Waals surface area contributed by atoms with Gasteiger partial charge in [0.2, 0.25) is 0 Å². The maximum atomic E-state index is 11.0. The van der Waals surface area contributed by atoms with Crippen molar-refractivity contribution in [3.05, 3.63) is 23.3 Å². The third-order valence-corrected chi connectivity index (χ3v) is 2.13. The molecule has 0 unspecified atom stereocenters. The number of carboxylic acids is 1. The molecule has 0 fully saturated rings. The number of methoxy groups -OCH3 is 3. The lowest BCUT2D eigenvalue weighted by atomic mass is 10.1. The number of aromatic carboxylic acids is 1. The van der Waals surface area contributed by atoms with Crippen LogP contribution in [0, 0.1) is 0 Å². The number of benzene rings is 1. The summed E-state index contributed by atoms with van der Waals surface area (Å²) in [5.74, 6) is -0.451. The van der Waals surface area contributed by atoms with Gasteiger partial charge in [-0.05, 0) is 6.07 Å². The Labute approximate surface area is 93.6 Å². The van der Waals surface area contributed by atoms with E-state index in [9.17, 15) is 4.79 Å². The number of ether oxygens (including phenoxy) is 3. The zero-order chi connectivity index (χ0) is 12.1. The molecule has 0 aliphatic rings. The maximum Gasteiger partial charge on any atom is 0.339 e. The minimum atomic E-state index is -1.06. The molecule has 0 atom stereocenters. The minimum Gasteiger partial charge on any atom is -0.492 e. The highest BCUT2D eigenvalue weighted by molar-refractivity contribution is 5.92. The van der Waals surface area contributed by atoms with E-state index in [1.807, 2.05) is 0 Å². The minimum absolute atomic E-state index is 0.0687. The molecule has 88 valence electrons. The summed E-state index contributed by atoms with van der Waals surface area (Å²) in [6.07, 6.45) is 0. The van der Waals surface area contributed by atoms with Crippen LogP contribution in [0.2, 0.25) is 0 Å². The van der Waals surface area contributed by atoms with Gasteiger partial charge in [-0.3, -0.25) is 0 Å². The summed E-state index contributed by atoms with van der Waals surface area (Å²) in [6, 6.07) is 3.12. The molecule has 5 nitrogen and oxygen atoms in total. The fourth-order valence-corrected chi connectivity index (χ4v) is 1.47. The fraction of sp³-hybridized carbons (Fsp3) is 0.364. The Bertz CT molecular complexity index is 386. The summed E-state index contributed by atoms with van der Waals surface area (Å²) in [6.45, 7) is 0.333. The topological polar surface area (TPSA) is 65.0 Å². The van der Waals surface area contributed by atoms with Crippen molar-refractivity contribution in [3.8, 4) is 11.5 Å². The predicted molar refractivity (Wildman–Crippen MR) is 57.2 cm³/mol. The number of rotatable bonds is 5. The largest absolute Gasteiger partial charge is 0.492 e. The Morgan fingerprint density at radius 3 is 2.25 bits per heavy atom. The molecule has 5 heteroatoms. The van der Waals surface area contributed by atoms with E-state index in [0.29, 0.717) is 12.4 Å². The van der Waals surface area contributed by atoms with E-state index in [4.69, 9.17) is 19.3 Å². The molecule has 0 bridgehead atoms. The van der Waals surface area contributed by atoms with Gasteiger partial charge in [0.25, 0.3) is 0 Å². The SMILES string of the molecule is COCc1ccc(C(=O)O)c(OC)c1OC. The summed E-state index contributed by atoms with van der Waals surface area (Å²) in [7, 11) is 4.42. The summed E-state index contributed by atoms with van der Waals surface area (Å²) in [5.41, 5.74) is 0.811. The zero-order valence-electron chi connectivity index (χ0n) is 9.44. The van der Waals surface area contributed by atoms with E-state index in [-0.39, 0.29) is 11.3 Å². The molecule has 0 aromatic heterocycles. The Morgan fingerprint density at radius 2 is 1.81 bits per heavy atom. The standard InChI is InChI=1S/C11H14O5/c1-14-6-7-4-5-8(11(12)13)10(16-3)9(7)15-2/h4-5H,6H2,1-3H3,(H,12,13). The molecule has 1 aromatic carbocycles. The van der Waals surface area contributed by atoms with Crippen molar-refractivity contribution in [2.75, 3.05) is 21.3 Å². The van der Waals surface area contributed by atoms with Gasteiger partial charge in [-0.2, -0.15) is 0 Å². The van der Waals surface area contributed by atoms with Gasteiger partial charge in [0.15, 0.2) is 11.5 Å². The van der Waals surface area contributed by atoms with Gasteiger partial charge in [0.05, 0.1) is 20.8 Å². The quantitative estimate of drug-likeness (QED) is 0.825. The van der Waals surface area contributed by atoms with Crippen LogP contribution in [0.25, 0.3) is 0 Å². The van der Waals surface area contributed by atoms with Crippen LogP contribution < -0.4 is 9.47 Å². The lowest BCUT2D eigenvalue weighted by Gasteiger charge is -2.14. The van der Waals surface area contributed by atoms with E-state index < -0.39 is 5.97 Å². The van der Waals surface area contributed by atoms with Gasteiger partial charge in [0.1, 0.15) is 5.56 Å². The van der Waals surface area contributed by atoms with Crippen LogP contribution in [0.15, 0.2) is 12.1 Å². The molecule has 16 heavy (non-hydrogen) atoms. The van der Waals surface area contributed by atoms with Gasteiger partial charge >= 0.3 is 5.97 Å². The highest BCUT2D eigenvalue weighted by Crippen LogP contribution is 2.35. The van der Waals surface area contributed by atoms with Crippen molar-refractivity contribution in [2.24, 2.45) is 0 Å². The van der Waals surface area contributed by atoms with E-state index in [0.717, 1.165) is 5.56 Å². The average Bonchev–Trinajstić information content (AvgIpc) is 2.28. The smallest absolute Gasteiger partial charge is 0.339 e. The fourth-order valence-electron chi connectivity index (χ4n) is 1.47. The van der Waals surface area contributed by atoms with Gasteiger partial charge in [-0.1, -0.05) is 6.07 Å². The van der Waals surface area contributed by atoms with Crippen LogP contribution in [0.3, 0.4) is 0 Å². The second kappa shape index (κ2) is 5.37. The maximum absolute atomic E-state index is 11.0. The van der Waals surface area contributed by atoms with Crippen LogP contribution in [0.1, 0.15) is 15.9 Å². The van der Waals surface area contributed by atoms with Crippen molar-refractivity contribution in [1.29, 1.82) is 0 Å². The van der Waals surface area contributed by atoms with Gasteiger partial charge in [-0.25, -0.2) is 4.79 Å². The molecule has 0 aliphatic heterocycles. The predicted octanol–water partition coefficient (Wildman–Crippen LogP) is 1.55. The van der Waals surface area contributed by atoms with Crippen LogP contribution in [-0.4, -0.2) is 32.4 Å². The van der Waals surface area contributed by atoms with E-state index in [2.05, 4.69) is 0 Å². The molecule has 0 heterocycles. The first-order chi connectivity index (χ1) is 7.65. The van der Waals surface area contributed by atoms with Crippen molar-refractivity contribution in [3.63, 3.8) is 0 Å². The first kappa shape index (κ1) is 12.3. The van der Waals surface area contributed by atoms with Crippen molar-refractivity contribution >= 4 is 5.97 Å². The van der Waals surface area contributed by atoms with Crippen LogP contribution in [0.4, 0.5) is 0 Å². The lowest BCUT2D eigenvalue weighted by Crippen LogP contribution is -2.05. The molecule has 1 rings (SSSR count). The van der Waals surface area contributed by atoms with Gasteiger partial charge < -0.3 is 19.3 Å². The highest BCUT2D eigenvalue weighted by Gasteiger charge is 2.18. The first-order valence-corrected chi connectivity index (χ1v) is 4.61. The molecule has 0 saturated carbocycles. The monoisotopic (exact) mass is 226 g/mol. The second-order valence-corrected chi connectivity index (χ2v) is 3.08. The Morgan fingerprint density at radius 1 is 1.19 bits per heavy atom. The van der Waals surface area contributed by atoms with Crippen molar-refractivity contribution in [2.45, 2.75) is 6.61 Å². The van der Waals surface area contributed by atoms with Gasteiger partial charge in [-0.15, -0.1) is 0 Å². The molecular weight excluding hydrogens is 212 g/mol. The molecule has 0 spiro atoms. The summed E-state index contributed by atoms with van der Waals surface area (Å²) >= 11 is 0. The second-order valence-electron chi connectivity index (χ2n) is 3.08. The van der Waals surface area contributed by atoms with E-state index in [1.54, 1.807) is 13.2 Å². The normalized spacial score (nSPS) is 9.94. The Kier molecular flexibility index (Phi) is 4.13. The van der Waals surface area contributed by atoms with Gasteiger partial charge in [0, 0.05) is 12.7 Å². The molecule has 0 aliphatic carbocycles. The number of hydrogen-bond donors (Lipinski definition) is 1. The summed E-state index contributed by atoms with van der Waals surface area (Å²) in [5, 5.41) is 8.97. The zero-order valence-corrected chi connectivity index (χ0v) is 9.44. The van der Waals surface area contributed by atoms with Crippen molar-refractivity contribution < 1.29 is 24.1 Å². The van der Waals surface area contributed by atoms with E-state index >= 15 is 0 Å². The molecule has 0 radical (unpaired) electrons. The lowest BCUT2D eigenvalue weighted by molar-refractivity contribution is 0.0692. The van der Waals surface area contributed by atoms with Crippen molar-refractivity contribution in [1.82, 2.24) is 0 Å². The summed E-state index contributed by atoms with van der Waals surface area (Å²) < 4.78 is 15.2. The third kappa shape index (κ3) is 2.25. The highest BCUT2D eigenvalue weighted by atomic mass is 16.5. The summed E-state index contributed by atoms with van der Waals surface area (Å²) in [4.78, 5) is 11.0. The number of carboxylic acid groups (broad SMARTS) is 1. The van der Waals surface area contributed by atoms with Crippen LogP contribution >= 0.6 is 0 Å². The number of hydrogen-bond acceptors (Lipinski definition) is 4. The molecule has 1 aromatic rings. The van der Waals surface area contributed by atoms with E-state index in [1.165, 1.54) is 20.3 Å². The van der Waals surface area contributed by atoms with Crippen LogP contribution in [0.5, 0.6) is 11.5 Å². The molecule has 0 saturated heterocycles. The molecular formula is C11H14O5. The Balaban J connectivity index is 3.33. The number of carbonyl (C=O) groups is 1. The molecule has 0 amide bonds. The Hall–Kier alpha value is -1.75. The molecule has 1 N–H and O–H groups in total. The van der Waals surface area contributed by atoms with Crippen LogP contribution in [-0.2, 0) is 11.3 Å². The third-order valence-electron chi connectivity index (χ3n) is 2.13. The first-order valence-electron chi connectivity index (χ1n) is 4.61. The average molecular weight is 226 g/mol.